The molecule has 1 saturated carbocycles. The van der Waals surface area contributed by atoms with E-state index in [9.17, 15) is 18.0 Å². The first-order valence-electron chi connectivity index (χ1n) is 14.1. The molecule has 3 aromatic rings. The number of halogens is 2. The Morgan fingerprint density at radius 1 is 0.929 bits per heavy atom. The Hall–Kier alpha value is -3.07. The lowest BCUT2D eigenvalue weighted by atomic mass is 9.94. The molecule has 2 amide bonds. The standard InChI is InChI=1S/C32H37Cl2N3O4S/c1-23-13-15-25(16-14-23)21-36(31(38)22-37(42(2,40)41)29-20-26(33)17-18-28(29)34)30(19-24-9-5-3-6-10-24)32(39)35-27-11-7-4-8-12-27/h3,5-6,9-10,13-18,20,27,30H,4,7-8,11-12,19,21-22H2,1-2H3,(H,35,39)/t30-/m0/s1. The zero-order valence-corrected chi connectivity index (χ0v) is 26.3. The molecule has 42 heavy (non-hydrogen) atoms. The molecular weight excluding hydrogens is 593 g/mol. The van der Waals surface area contributed by atoms with Crippen molar-refractivity contribution in [2.45, 2.75) is 64.1 Å². The van der Waals surface area contributed by atoms with Crippen molar-refractivity contribution in [1.29, 1.82) is 0 Å². The van der Waals surface area contributed by atoms with Gasteiger partial charge in [0.05, 0.1) is 17.0 Å². The summed E-state index contributed by atoms with van der Waals surface area (Å²) in [6.07, 6.45) is 6.31. The van der Waals surface area contributed by atoms with Gasteiger partial charge in [0.1, 0.15) is 12.6 Å². The van der Waals surface area contributed by atoms with Crippen LogP contribution in [0.25, 0.3) is 0 Å². The molecule has 0 spiro atoms. The minimum Gasteiger partial charge on any atom is -0.352 e. The van der Waals surface area contributed by atoms with Gasteiger partial charge < -0.3 is 10.2 Å². The second kappa shape index (κ2) is 14.4. The number of carbonyl (C=O) groups is 2. The Morgan fingerprint density at radius 3 is 2.24 bits per heavy atom. The first-order valence-corrected chi connectivity index (χ1v) is 16.7. The SMILES string of the molecule is Cc1ccc(CN(C(=O)CN(c2cc(Cl)ccc2Cl)S(C)(=O)=O)[C@@H](Cc2ccccc2)C(=O)NC2CCCCC2)cc1. The molecule has 7 nitrogen and oxygen atoms in total. The Bertz CT molecular complexity index is 1480. The smallest absolute Gasteiger partial charge is 0.244 e. The number of sulfonamides is 1. The van der Waals surface area contributed by atoms with E-state index in [4.69, 9.17) is 23.2 Å². The van der Waals surface area contributed by atoms with Gasteiger partial charge in [0, 0.05) is 24.0 Å². The summed E-state index contributed by atoms with van der Waals surface area (Å²) in [5.41, 5.74) is 2.87. The van der Waals surface area contributed by atoms with E-state index >= 15 is 0 Å². The van der Waals surface area contributed by atoms with E-state index in [0.29, 0.717) is 0 Å². The average Bonchev–Trinajstić information content (AvgIpc) is 2.96. The summed E-state index contributed by atoms with van der Waals surface area (Å²) in [7, 11) is -3.95. The number of aryl methyl sites for hydroxylation is 1. The van der Waals surface area contributed by atoms with Gasteiger partial charge in [-0.2, -0.15) is 0 Å². The zero-order chi connectivity index (χ0) is 30.3. The molecule has 1 fully saturated rings. The van der Waals surface area contributed by atoms with Gasteiger partial charge in [0.2, 0.25) is 21.8 Å². The van der Waals surface area contributed by atoms with Crippen LogP contribution in [-0.4, -0.2) is 50.0 Å². The predicted octanol–water partition coefficient (Wildman–Crippen LogP) is 6.16. The molecule has 0 saturated heterocycles. The highest BCUT2D eigenvalue weighted by Gasteiger charge is 2.34. The molecule has 0 aliphatic heterocycles. The topological polar surface area (TPSA) is 86.8 Å². The molecule has 3 aromatic carbocycles. The van der Waals surface area contributed by atoms with Crippen LogP contribution in [0.4, 0.5) is 5.69 Å². The van der Waals surface area contributed by atoms with Crippen LogP contribution in [0, 0.1) is 6.92 Å². The van der Waals surface area contributed by atoms with Crippen molar-refractivity contribution in [3.63, 3.8) is 0 Å². The highest BCUT2D eigenvalue weighted by molar-refractivity contribution is 7.92. The van der Waals surface area contributed by atoms with E-state index in [2.05, 4.69) is 5.32 Å². The number of rotatable bonds is 11. The maximum absolute atomic E-state index is 14.2. The number of carbonyl (C=O) groups excluding carboxylic acids is 2. The molecular formula is C32H37Cl2N3O4S. The van der Waals surface area contributed by atoms with E-state index in [-0.39, 0.29) is 40.6 Å². The normalized spacial score (nSPS) is 14.7. The number of hydrogen-bond acceptors (Lipinski definition) is 4. The van der Waals surface area contributed by atoms with Gasteiger partial charge >= 0.3 is 0 Å². The summed E-state index contributed by atoms with van der Waals surface area (Å²) in [5.74, 6) is -0.783. The molecule has 0 unspecified atom stereocenters. The number of hydrogen-bond donors (Lipinski definition) is 1. The number of amides is 2. The lowest BCUT2D eigenvalue weighted by molar-refractivity contribution is -0.140. The number of anilines is 1. The van der Waals surface area contributed by atoms with Gasteiger partial charge in [0.25, 0.3) is 0 Å². The molecule has 10 heteroatoms. The first kappa shape index (κ1) is 31.9. The van der Waals surface area contributed by atoms with Crippen molar-refractivity contribution in [3.05, 3.63) is 99.5 Å². The third-order valence-corrected chi connectivity index (χ3v) is 9.23. The maximum Gasteiger partial charge on any atom is 0.244 e. The molecule has 1 aliphatic rings. The van der Waals surface area contributed by atoms with Crippen LogP contribution < -0.4 is 9.62 Å². The van der Waals surface area contributed by atoms with Gasteiger partial charge in [0.15, 0.2) is 0 Å². The number of benzene rings is 3. The number of nitrogens with zero attached hydrogens (tertiary/aromatic N) is 2. The molecule has 4 rings (SSSR count). The number of nitrogens with one attached hydrogen (secondary N) is 1. The lowest BCUT2D eigenvalue weighted by Crippen LogP contribution is -2.55. The quantitative estimate of drug-likeness (QED) is 0.275. The molecule has 0 bridgehead atoms. The third-order valence-electron chi connectivity index (χ3n) is 7.55. The average molecular weight is 631 g/mol. The molecule has 1 aliphatic carbocycles. The summed E-state index contributed by atoms with van der Waals surface area (Å²) in [5, 5.41) is 3.61. The monoisotopic (exact) mass is 629 g/mol. The highest BCUT2D eigenvalue weighted by Crippen LogP contribution is 2.31. The minimum atomic E-state index is -3.95. The van der Waals surface area contributed by atoms with Crippen LogP contribution in [0.5, 0.6) is 0 Å². The van der Waals surface area contributed by atoms with Gasteiger partial charge in [-0.05, 0) is 49.1 Å². The van der Waals surface area contributed by atoms with Crippen molar-refractivity contribution in [2.75, 3.05) is 17.1 Å². The molecule has 0 radical (unpaired) electrons. The van der Waals surface area contributed by atoms with Gasteiger partial charge in [-0.1, -0.05) is 103 Å². The first-order chi connectivity index (χ1) is 20.0. The van der Waals surface area contributed by atoms with Crippen molar-refractivity contribution in [1.82, 2.24) is 10.2 Å². The molecule has 0 heterocycles. The van der Waals surface area contributed by atoms with Crippen molar-refractivity contribution < 1.29 is 18.0 Å². The fourth-order valence-electron chi connectivity index (χ4n) is 5.26. The van der Waals surface area contributed by atoms with Crippen molar-refractivity contribution in [2.24, 2.45) is 0 Å². The van der Waals surface area contributed by atoms with Crippen LogP contribution in [-0.2, 0) is 32.6 Å². The van der Waals surface area contributed by atoms with Crippen LogP contribution in [0.15, 0.2) is 72.8 Å². The lowest BCUT2D eigenvalue weighted by Gasteiger charge is -2.35. The second-order valence-corrected chi connectivity index (χ2v) is 13.7. The Labute approximate surface area is 258 Å². The van der Waals surface area contributed by atoms with E-state index in [1.807, 2.05) is 61.5 Å². The summed E-state index contributed by atoms with van der Waals surface area (Å²) in [4.78, 5) is 29.7. The highest BCUT2D eigenvalue weighted by atomic mass is 35.5. The van der Waals surface area contributed by atoms with Gasteiger partial charge in [-0.25, -0.2) is 8.42 Å². The third kappa shape index (κ3) is 8.72. The van der Waals surface area contributed by atoms with Gasteiger partial charge in [-0.15, -0.1) is 0 Å². The molecule has 1 N–H and O–H groups in total. The van der Waals surface area contributed by atoms with E-state index < -0.39 is 28.5 Å². The minimum absolute atomic E-state index is 0.0404. The predicted molar refractivity (Wildman–Crippen MR) is 169 cm³/mol. The Morgan fingerprint density at radius 2 is 1.60 bits per heavy atom. The summed E-state index contributed by atoms with van der Waals surface area (Å²) in [6.45, 7) is 1.55. The van der Waals surface area contributed by atoms with Crippen LogP contribution >= 0.6 is 23.2 Å². The fourth-order valence-corrected chi connectivity index (χ4v) is 6.55. The largest absolute Gasteiger partial charge is 0.352 e. The van der Waals surface area contributed by atoms with Crippen LogP contribution in [0.3, 0.4) is 0 Å². The summed E-state index contributed by atoms with van der Waals surface area (Å²) < 4.78 is 26.9. The Balaban J connectivity index is 1.73. The molecule has 224 valence electrons. The zero-order valence-electron chi connectivity index (χ0n) is 23.9. The Kier molecular flexibility index (Phi) is 10.9. The molecule has 1 atom stereocenters. The van der Waals surface area contributed by atoms with Crippen molar-refractivity contribution >= 4 is 50.7 Å². The maximum atomic E-state index is 14.2. The van der Waals surface area contributed by atoms with E-state index in [1.54, 1.807) is 6.07 Å². The van der Waals surface area contributed by atoms with Gasteiger partial charge in [-0.3, -0.25) is 13.9 Å². The van der Waals surface area contributed by atoms with Crippen LogP contribution in [0.1, 0.15) is 48.8 Å². The summed E-state index contributed by atoms with van der Waals surface area (Å²) in [6, 6.07) is 20.9. The molecule has 0 aromatic heterocycles. The van der Waals surface area contributed by atoms with Crippen LogP contribution in [0.2, 0.25) is 10.0 Å². The van der Waals surface area contributed by atoms with Crippen molar-refractivity contribution in [3.8, 4) is 0 Å². The van der Waals surface area contributed by atoms with E-state index in [0.717, 1.165) is 59.4 Å². The summed E-state index contributed by atoms with van der Waals surface area (Å²) >= 11 is 12.6. The second-order valence-electron chi connectivity index (χ2n) is 10.9. The van der Waals surface area contributed by atoms with E-state index in [1.165, 1.54) is 17.0 Å². The fraction of sp³-hybridized carbons (Fsp3) is 0.375.